The highest BCUT2D eigenvalue weighted by Crippen LogP contribution is 2.18. The number of rotatable bonds is 10. The van der Waals surface area contributed by atoms with Crippen LogP contribution in [0.2, 0.25) is 0 Å². The average Bonchev–Trinajstić information content (AvgIpc) is 3.29. The molecule has 1 aromatic heterocycles. The summed E-state index contributed by atoms with van der Waals surface area (Å²) in [4.78, 5) is 4.66. The van der Waals surface area contributed by atoms with Crippen molar-refractivity contribution in [1.29, 1.82) is 0 Å². The van der Waals surface area contributed by atoms with E-state index in [0.29, 0.717) is 25.6 Å². The number of guanidine groups is 1. The number of aliphatic hydroxyl groups excluding tert-OH is 1. The number of hydrogen-bond acceptors (Lipinski definition) is 4. The predicted molar refractivity (Wildman–Crippen MR) is 139 cm³/mol. The Balaban J connectivity index is 0.00000363. The summed E-state index contributed by atoms with van der Waals surface area (Å²) in [5.74, 6) is 2.36. The highest BCUT2D eigenvalue weighted by Gasteiger charge is 2.10. The third-order valence-electron chi connectivity index (χ3n) is 4.61. The molecule has 0 bridgehead atoms. The second kappa shape index (κ2) is 13.8. The molecule has 1 heterocycles. The molecule has 0 aliphatic heterocycles. The van der Waals surface area contributed by atoms with E-state index in [4.69, 9.17) is 9.15 Å². The summed E-state index contributed by atoms with van der Waals surface area (Å²) >= 11 is 0. The van der Waals surface area contributed by atoms with Gasteiger partial charge in [0.15, 0.2) is 5.96 Å². The SMILES string of the molecule is CC(C)Oc1ccc(C(O)CNC(=NCc2ccccc2)NCCc2ccco2)cc1.I. The van der Waals surface area contributed by atoms with Gasteiger partial charge in [-0.1, -0.05) is 42.5 Å². The van der Waals surface area contributed by atoms with Gasteiger partial charge >= 0.3 is 0 Å². The molecule has 6 nitrogen and oxygen atoms in total. The van der Waals surface area contributed by atoms with Gasteiger partial charge in [-0.3, -0.25) is 0 Å². The molecular weight excluding hydrogens is 517 g/mol. The van der Waals surface area contributed by atoms with Crippen LogP contribution in [-0.2, 0) is 13.0 Å². The quantitative estimate of drug-likeness (QED) is 0.194. The van der Waals surface area contributed by atoms with Crippen LogP contribution in [0.3, 0.4) is 0 Å². The largest absolute Gasteiger partial charge is 0.491 e. The topological polar surface area (TPSA) is 79.0 Å². The number of aliphatic hydroxyl groups is 1. The minimum atomic E-state index is -0.665. The van der Waals surface area contributed by atoms with Crippen molar-refractivity contribution in [2.45, 2.75) is 39.0 Å². The van der Waals surface area contributed by atoms with Gasteiger partial charge in [-0.05, 0) is 49.2 Å². The molecule has 0 saturated heterocycles. The highest BCUT2D eigenvalue weighted by atomic mass is 127. The van der Waals surface area contributed by atoms with E-state index < -0.39 is 6.10 Å². The second-order valence-corrected chi connectivity index (χ2v) is 7.54. The Labute approximate surface area is 207 Å². The molecule has 1 unspecified atom stereocenters. The maximum atomic E-state index is 10.6. The van der Waals surface area contributed by atoms with Crippen LogP contribution in [0.5, 0.6) is 5.75 Å². The van der Waals surface area contributed by atoms with Crippen LogP contribution >= 0.6 is 24.0 Å². The summed E-state index contributed by atoms with van der Waals surface area (Å²) in [5, 5.41) is 17.2. The van der Waals surface area contributed by atoms with E-state index in [0.717, 1.165) is 29.1 Å². The fraction of sp³-hybridized carbons (Fsp3) is 0.320. The Hall–Kier alpha value is -2.52. The fourth-order valence-electron chi connectivity index (χ4n) is 3.04. The smallest absolute Gasteiger partial charge is 0.191 e. The highest BCUT2D eigenvalue weighted by molar-refractivity contribution is 14.0. The van der Waals surface area contributed by atoms with E-state index in [-0.39, 0.29) is 30.1 Å². The van der Waals surface area contributed by atoms with Crippen molar-refractivity contribution < 1.29 is 14.3 Å². The lowest BCUT2D eigenvalue weighted by Gasteiger charge is -2.17. The first-order valence-electron chi connectivity index (χ1n) is 10.6. The lowest BCUT2D eigenvalue weighted by atomic mass is 10.1. The summed E-state index contributed by atoms with van der Waals surface area (Å²) in [6, 6.07) is 21.4. The van der Waals surface area contributed by atoms with Crippen molar-refractivity contribution in [1.82, 2.24) is 10.6 Å². The molecule has 3 N–H and O–H groups in total. The third-order valence-corrected chi connectivity index (χ3v) is 4.61. The average molecular weight is 549 g/mol. The molecule has 0 saturated carbocycles. The van der Waals surface area contributed by atoms with Crippen molar-refractivity contribution in [3.8, 4) is 5.75 Å². The lowest BCUT2D eigenvalue weighted by molar-refractivity contribution is 0.180. The number of hydrogen-bond donors (Lipinski definition) is 3. The summed E-state index contributed by atoms with van der Waals surface area (Å²) in [5.41, 5.74) is 1.94. The Morgan fingerprint density at radius 3 is 2.41 bits per heavy atom. The number of furan rings is 1. The van der Waals surface area contributed by atoms with Crippen molar-refractivity contribution in [3.63, 3.8) is 0 Å². The third kappa shape index (κ3) is 8.92. The standard InChI is InChI=1S/C25H31N3O3.HI/c1-19(2)31-23-12-10-21(11-13-23)24(29)18-28-25(26-15-14-22-9-6-16-30-22)27-17-20-7-4-3-5-8-20;/h3-13,16,19,24,29H,14-15,17-18H2,1-2H3,(H2,26,27,28);1H. The maximum Gasteiger partial charge on any atom is 0.191 e. The van der Waals surface area contributed by atoms with Crippen LogP contribution in [0.15, 0.2) is 82.4 Å². The molecule has 0 aliphatic rings. The minimum absolute atomic E-state index is 0. The van der Waals surface area contributed by atoms with Gasteiger partial charge in [-0.25, -0.2) is 4.99 Å². The lowest BCUT2D eigenvalue weighted by Crippen LogP contribution is -2.40. The summed E-state index contributed by atoms with van der Waals surface area (Å²) in [6.45, 7) is 5.54. The van der Waals surface area contributed by atoms with Crippen molar-refractivity contribution in [2.75, 3.05) is 13.1 Å². The summed E-state index contributed by atoms with van der Waals surface area (Å²) in [6.07, 6.45) is 1.88. The number of benzene rings is 2. The zero-order valence-corrected chi connectivity index (χ0v) is 20.9. The van der Waals surface area contributed by atoms with Crippen LogP contribution in [0.1, 0.15) is 36.8 Å². The van der Waals surface area contributed by atoms with Gasteiger partial charge in [0.1, 0.15) is 11.5 Å². The summed E-state index contributed by atoms with van der Waals surface area (Å²) in [7, 11) is 0. The summed E-state index contributed by atoms with van der Waals surface area (Å²) < 4.78 is 11.0. The van der Waals surface area contributed by atoms with Crippen LogP contribution in [-0.4, -0.2) is 30.3 Å². The van der Waals surface area contributed by atoms with Crippen LogP contribution < -0.4 is 15.4 Å². The normalized spacial score (nSPS) is 12.2. The molecule has 3 rings (SSSR count). The first-order chi connectivity index (χ1) is 15.1. The van der Waals surface area contributed by atoms with E-state index >= 15 is 0 Å². The molecule has 0 aliphatic carbocycles. The van der Waals surface area contributed by atoms with Gasteiger partial charge < -0.3 is 24.9 Å². The number of ether oxygens (including phenoxy) is 1. The molecule has 7 heteroatoms. The number of halogens is 1. The number of aliphatic imine (C=N–C) groups is 1. The number of nitrogens with zero attached hydrogens (tertiary/aromatic N) is 1. The zero-order chi connectivity index (χ0) is 21.9. The van der Waals surface area contributed by atoms with Gasteiger partial charge in [0.05, 0.1) is 25.0 Å². The molecule has 3 aromatic rings. The second-order valence-electron chi connectivity index (χ2n) is 7.54. The van der Waals surface area contributed by atoms with Gasteiger partial charge in [-0.2, -0.15) is 0 Å². The molecule has 0 spiro atoms. The van der Waals surface area contributed by atoms with E-state index in [9.17, 15) is 5.11 Å². The zero-order valence-electron chi connectivity index (χ0n) is 18.5. The molecule has 0 amide bonds. The van der Waals surface area contributed by atoms with Gasteiger partial charge in [-0.15, -0.1) is 24.0 Å². The maximum absolute atomic E-state index is 10.6. The van der Waals surface area contributed by atoms with Gasteiger partial charge in [0, 0.05) is 19.5 Å². The predicted octanol–water partition coefficient (Wildman–Crippen LogP) is 4.70. The first kappa shape index (κ1) is 25.7. The van der Waals surface area contributed by atoms with Crippen molar-refractivity contribution in [2.24, 2.45) is 4.99 Å². The first-order valence-corrected chi connectivity index (χ1v) is 10.6. The Morgan fingerprint density at radius 1 is 1.00 bits per heavy atom. The van der Waals surface area contributed by atoms with E-state index in [1.54, 1.807) is 6.26 Å². The Kier molecular flexibility index (Phi) is 11.1. The molecule has 1 atom stereocenters. The van der Waals surface area contributed by atoms with Crippen molar-refractivity contribution in [3.05, 3.63) is 89.9 Å². The molecular formula is C25H32IN3O3. The molecule has 172 valence electrons. The van der Waals surface area contributed by atoms with Gasteiger partial charge in [0.25, 0.3) is 0 Å². The minimum Gasteiger partial charge on any atom is -0.491 e. The van der Waals surface area contributed by atoms with Crippen LogP contribution in [0.4, 0.5) is 0 Å². The van der Waals surface area contributed by atoms with E-state index in [1.807, 2.05) is 80.6 Å². The molecule has 2 aromatic carbocycles. The van der Waals surface area contributed by atoms with Gasteiger partial charge in [0.2, 0.25) is 0 Å². The molecule has 32 heavy (non-hydrogen) atoms. The van der Waals surface area contributed by atoms with Crippen molar-refractivity contribution >= 4 is 29.9 Å². The van der Waals surface area contributed by atoms with E-state index in [2.05, 4.69) is 15.6 Å². The van der Waals surface area contributed by atoms with Crippen LogP contribution in [0, 0.1) is 0 Å². The fourth-order valence-corrected chi connectivity index (χ4v) is 3.04. The Morgan fingerprint density at radius 2 is 1.75 bits per heavy atom. The molecule has 0 radical (unpaired) electrons. The number of nitrogens with one attached hydrogen (secondary N) is 2. The van der Waals surface area contributed by atoms with Crippen LogP contribution in [0.25, 0.3) is 0 Å². The molecule has 0 fully saturated rings. The Bertz CT molecular complexity index is 913. The monoisotopic (exact) mass is 549 g/mol. The van der Waals surface area contributed by atoms with E-state index in [1.165, 1.54) is 0 Å².